The van der Waals surface area contributed by atoms with Crippen molar-refractivity contribution in [3.05, 3.63) is 24.7 Å². The zero-order valence-corrected chi connectivity index (χ0v) is 14.2. The van der Waals surface area contributed by atoms with Crippen molar-refractivity contribution in [1.82, 2.24) is 25.2 Å². The van der Waals surface area contributed by atoms with Crippen LogP contribution in [0.1, 0.15) is 12.8 Å². The van der Waals surface area contributed by atoms with Gasteiger partial charge in [0.05, 0.1) is 6.04 Å². The average molecular weight is 381 g/mol. The molecule has 2 atom stereocenters. The maximum Gasteiger partial charge on any atom is 0.415 e. The minimum Gasteiger partial charge on any atom is -0.464 e. The Bertz CT molecular complexity index is 709. The van der Waals surface area contributed by atoms with Crippen LogP contribution in [0.2, 0.25) is 0 Å². The molecule has 0 radical (unpaired) electrons. The predicted octanol–water partition coefficient (Wildman–Crippen LogP) is -0.501. The molecule has 0 aliphatic carbocycles. The maximum absolute atomic E-state index is 12.2. The van der Waals surface area contributed by atoms with Crippen molar-refractivity contribution in [2.24, 2.45) is 0 Å². The number of nitrogens with one attached hydrogen (secondary N) is 1. The Kier molecular flexibility index (Phi) is 5.28. The highest BCUT2D eigenvalue weighted by Gasteiger charge is 2.46. The summed E-state index contributed by atoms with van der Waals surface area (Å²) in [5.74, 6) is -1.07. The summed E-state index contributed by atoms with van der Waals surface area (Å²) in [6.07, 6.45) is 4.97. The molecule has 5 amide bonds. The van der Waals surface area contributed by atoms with Gasteiger partial charge in [-0.1, -0.05) is 0 Å². The Balaban J connectivity index is 1.47. The fourth-order valence-electron chi connectivity index (χ4n) is 3.09. The molecule has 27 heavy (non-hydrogen) atoms. The third kappa shape index (κ3) is 3.85. The number of fused-ring (bicyclic) bond motifs is 2. The summed E-state index contributed by atoms with van der Waals surface area (Å²) in [5, 5.41) is 19.1. The summed E-state index contributed by atoms with van der Waals surface area (Å²) >= 11 is 0. The number of hydrogen-bond acceptors (Lipinski definition) is 6. The molecule has 3 heterocycles. The first-order valence-electron chi connectivity index (χ1n) is 8.24. The van der Waals surface area contributed by atoms with Crippen molar-refractivity contribution < 1.29 is 34.3 Å². The van der Waals surface area contributed by atoms with Gasteiger partial charge in [-0.25, -0.2) is 20.1 Å². The minimum atomic E-state index is -1.19. The molecule has 3 N–H and O–H groups in total. The first-order valence-corrected chi connectivity index (χ1v) is 8.24. The monoisotopic (exact) mass is 381 g/mol. The lowest BCUT2D eigenvalue weighted by atomic mass is 10.0. The summed E-state index contributed by atoms with van der Waals surface area (Å²) in [4.78, 5) is 55.4. The number of carboxylic acid groups (broad SMARTS) is 1. The topological polar surface area (TPSA) is 143 Å². The number of hydroxylamine groups is 3. The van der Waals surface area contributed by atoms with Crippen molar-refractivity contribution >= 4 is 23.9 Å². The summed E-state index contributed by atoms with van der Waals surface area (Å²) in [6, 6.07) is -1.71. The third-order valence-corrected chi connectivity index (χ3v) is 4.53. The van der Waals surface area contributed by atoms with Gasteiger partial charge < -0.3 is 14.9 Å². The number of piperidine rings is 1. The molecule has 0 spiro atoms. The molecule has 3 rings (SSSR count). The quantitative estimate of drug-likeness (QED) is 0.440. The Morgan fingerprint density at radius 1 is 1.22 bits per heavy atom. The van der Waals surface area contributed by atoms with Crippen LogP contribution in [-0.4, -0.2) is 85.8 Å². The van der Waals surface area contributed by atoms with E-state index in [-0.39, 0.29) is 19.1 Å². The van der Waals surface area contributed by atoms with Gasteiger partial charge in [-0.3, -0.25) is 24.5 Å². The molecule has 146 valence electrons. The number of carbonyl (C=O) groups excluding carboxylic acids is 3. The Hall–Kier alpha value is -3.12. The van der Waals surface area contributed by atoms with Gasteiger partial charge in [0, 0.05) is 31.7 Å². The maximum atomic E-state index is 12.2. The van der Waals surface area contributed by atoms with E-state index in [1.54, 1.807) is 0 Å². The minimum absolute atomic E-state index is 0.148. The number of amides is 5. The van der Waals surface area contributed by atoms with E-state index >= 15 is 0 Å². The van der Waals surface area contributed by atoms with Crippen molar-refractivity contribution in [1.29, 1.82) is 0 Å². The van der Waals surface area contributed by atoms with Gasteiger partial charge in [-0.2, -0.15) is 0 Å². The van der Waals surface area contributed by atoms with Crippen LogP contribution in [-0.2, 0) is 14.4 Å². The normalized spacial score (nSPS) is 24.3. The zero-order chi connectivity index (χ0) is 19.6. The lowest BCUT2D eigenvalue weighted by Crippen LogP contribution is -2.50. The van der Waals surface area contributed by atoms with Crippen LogP contribution in [0, 0.1) is 0 Å². The van der Waals surface area contributed by atoms with Crippen molar-refractivity contribution in [2.75, 3.05) is 19.7 Å². The average Bonchev–Trinajstić information content (AvgIpc) is 2.85. The molecule has 0 aromatic heterocycles. The SMILES string of the molecule is O=C(NOCC(=O)N1C=CN(C(=O)O)C=CC1)[C@@H]1CC[C@@H]2CN1C(=O)N2O. The molecule has 3 aliphatic rings. The van der Waals surface area contributed by atoms with Gasteiger partial charge in [0.1, 0.15) is 6.04 Å². The van der Waals surface area contributed by atoms with Crippen LogP contribution in [0.25, 0.3) is 0 Å². The van der Waals surface area contributed by atoms with E-state index in [0.717, 1.165) is 4.90 Å². The molecule has 3 aliphatic heterocycles. The lowest BCUT2D eigenvalue weighted by Gasteiger charge is -2.28. The fraction of sp³-hybridized carbons (Fsp3) is 0.467. The lowest BCUT2D eigenvalue weighted by molar-refractivity contribution is -0.145. The van der Waals surface area contributed by atoms with Crippen LogP contribution in [0.5, 0.6) is 0 Å². The van der Waals surface area contributed by atoms with Crippen LogP contribution in [0.15, 0.2) is 24.7 Å². The summed E-state index contributed by atoms with van der Waals surface area (Å²) in [5.41, 5.74) is 2.16. The van der Waals surface area contributed by atoms with E-state index in [1.165, 1.54) is 34.5 Å². The van der Waals surface area contributed by atoms with Crippen molar-refractivity contribution in [2.45, 2.75) is 24.9 Å². The van der Waals surface area contributed by atoms with Crippen LogP contribution in [0.4, 0.5) is 9.59 Å². The highest BCUT2D eigenvalue weighted by Crippen LogP contribution is 2.28. The van der Waals surface area contributed by atoms with Crippen LogP contribution in [0.3, 0.4) is 0 Å². The number of nitrogens with zero attached hydrogens (tertiary/aromatic N) is 4. The Morgan fingerprint density at radius 3 is 2.74 bits per heavy atom. The van der Waals surface area contributed by atoms with E-state index in [9.17, 15) is 24.4 Å². The molecule has 2 fully saturated rings. The summed E-state index contributed by atoms with van der Waals surface area (Å²) in [6.45, 7) is -0.0568. The molecule has 12 heteroatoms. The smallest absolute Gasteiger partial charge is 0.415 e. The number of hydrogen-bond donors (Lipinski definition) is 3. The van der Waals surface area contributed by atoms with E-state index < -0.39 is 36.6 Å². The molecular weight excluding hydrogens is 362 g/mol. The number of urea groups is 1. The molecule has 2 bridgehead atoms. The molecule has 2 saturated heterocycles. The van der Waals surface area contributed by atoms with E-state index in [0.29, 0.717) is 17.9 Å². The van der Waals surface area contributed by atoms with E-state index in [4.69, 9.17) is 9.94 Å². The van der Waals surface area contributed by atoms with Crippen LogP contribution >= 0.6 is 0 Å². The molecule has 12 nitrogen and oxygen atoms in total. The van der Waals surface area contributed by atoms with Crippen molar-refractivity contribution in [3.63, 3.8) is 0 Å². The first kappa shape index (κ1) is 18.7. The van der Waals surface area contributed by atoms with E-state index in [1.807, 2.05) is 0 Å². The highest BCUT2D eigenvalue weighted by molar-refractivity contribution is 5.88. The zero-order valence-electron chi connectivity index (χ0n) is 14.2. The largest absolute Gasteiger partial charge is 0.464 e. The molecular formula is C15H19N5O7. The van der Waals surface area contributed by atoms with Gasteiger partial charge >= 0.3 is 12.1 Å². The molecule has 0 saturated carbocycles. The molecule has 0 unspecified atom stereocenters. The molecule has 0 aromatic rings. The second-order valence-electron chi connectivity index (χ2n) is 6.20. The second kappa shape index (κ2) is 7.63. The fourth-order valence-corrected chi connectivity index (χ4v) is 3.09. The predicted molar refractivity (Wildman–Crippen MR) is 86.5 cm³/mol. The Morgan fingerprint density at radius 2 is 2.00 bits per heavy atom. The van der Waals surface area contributed by atoms with Gasteiger partial charge in [-0.15, -0.1) is 0 Å². The third-order valence-electron chi connectivity index (χ3n) is 4.53. The van der Waals surface area contributed by atoms with Gasteiger partial charge in [0.25, 0.3) is 11.8 Å². The number of rotatable bonds is 4. The molecule has 0 aromatic carbocycles. The van der Waals surface area contributed by atoms with Crippen LogP contribution < -0.4 is 5.48 Å². The highest BCUT2D eigenvalue weighted by atomic mass is 16.7. The Labute approximate surface area is 153 Å². The summed E-state index contributed by atoms with van der Waals surface area (Å²) < 4.78 is 0. The van der Waals surface area contributed by atoms with Gasteiger partial charge in [0.2, 0.25) is 0 Å². The van der Waals surface area contributed by atoms with Crippen molar-refractivity contribution in [3.8, 4) is 0 Å². The number of carbonyl (C=O) groups is 4. The standard InChI is InChI=1S/C15H19N5O7/c21-12(17-4-1-5-18(7-6-17)15(24)25)9-27-16-13(22)11-3-2-10-8-19(11)14(23)20(10)26/h1,5-7,10-11,26H,2-4,8-9H2,(H,16,22)(H,24,25)/t10-,11+/m1/s1. The second-order valence-corrected chi connectivity index (χ2v) is 6.20. The first-order chi connectivity index (χ1) is 12.9. The summed E-state index contributed by atoms with van der Waals surface area (Å²) in [7, 11) is 0. The van der Waals surface area contributed by atoms with E-state index in [2.05, 4.69) is 5.48 Å². The van der Waals surface area contributed by atoms with Gasteiger partial charge in [-0.05, 0) is 18.9 Å². The van der Waals surface area contributed by atoms with Gasteiger partial charge in [0.15, 0.2) is 6.61 Å².